The summed E-state index contributed by atoms with van der Waals surface area (Å²) in [5, 5.41) is 4.34. The first-order chi connectivity index (χ1) is 10.3. The van der Waals surface area contributed by atoms with Crippen LogP contribution in [0, 0.1) is 0 Å². The van der Waals surface area contributed by atoms with Crippen LogP contribution in [0.2, 0.25) is 0 Å². The van der Waals surface area contributed by atoms with Crippen LogP contribution < -0.4 is 10.2 Å². The highest BCUT2D eigenvalue weighted by Gasteiger charge is 2.19. The lowest BCUT2D eigenvalue weighted by molar-refractivity contribution is 0.507. The minimum Gasteiger partial charge on any atom is -0.368 e. The van der Waals surface area contributed by atoms with Gasteiger partial charge in [0.1, 0.15) is 0 Å². The lowest BCUT2D eigenvalue weighted by atomic mass is 10.1. The molecule has 2 heterocycles. The Morgan fingerprint density at radius 2 is 2.24 bits per heavy atom. The fourth-order valence-electron chi connectivity index (χ4n) is 2.77. The molecule has 2 unspecified atom stereocenters. The normalized spacial score (nSPS) is 20.5. The standard InChI is InChI=1S/C17H29N3S/c1-4-9-18-16(6-3)17-8-7-14(12-19-17)20-10-11-21-15(5-2)13-20/h7-8,12,15-16,18H,4-6,9-11,13H2,1-3H3. The molecule has 1 aromatic heterocycles. The van der Waals surface area contributed by atoms with Crippen molar-refractivity contribution in [1.29, 1.82) is 0 Å². The van der Waals surface area contributed by atoms with Gasteiger partial charge in [-0.2, -0.15) is 11.8 Å². The number of thioether (sulfide) groups is 1. The summed E-state index contributed by atoms with van der Waals surface area (Å²) in [6, 6.07) is 4.84. The first-order valence-corrected chi connectivity index (χ1v) is 9.39. The summed E-state index contributed by atoms with van der Waals surface area (Å²) in [5.41, 5.74) is 2.45. The Kier molecular flexibility index (Phi) is 6.84. The third-order valence-electron chi connectivity index (χ3n) is 4.14. The predicted octanol–water partition coefficient (Wildman–Crippen LogP) is 3.86. The van der Waals surface area contributed by atoms with Gasteiger partial charge >= 0.3 is 0 Å². The zero-order valence-electron chi connectivity index (χ0n) is 13.6. The Bertz CT molecular complexity index is 407. The lowest BCUT2D eigenvalue weighted by Crippen LogP contribution is -2.37. The van der Waals surface area contributed by atoms with E-state index in [9.17, 15) is 0 Å². The molecule has 0 saturated carbocycles. The van der Waals surface area contributed by atoms with E-state index in [0.717, 1.165) is 31.3 Å². The molecule has 2 atom stereocenters. The summed E-state index contributed by atoms with van der Waals surface area (Å²) >= 11 is 2.11. The van der Waals surface area contributed by atoms with Crippen molar-refractivity contribution in [3.05, 3.63) is 24.0 Å². The SMILES string of the molecule is CCCNC(CC)c1ccc(N2CCSC(CC)C2)cn1. The summed E-state index contributed by atoms with van der Waals surface area (Å²) in [6.45, 7) is 10.1. The summed E-state index contributed by atoms with van der Waals surface area (Å²) in [4.78, 5) is 7.21. The summed E-state index contributed by atoms with van der Waals surface area (Å²) in [6.07, 6.45) is 5.57. The summed E-state index contributed by atoms with van der Waals surface area (Å²) < 4.78 is 0. The first kappa shape index (κ1) is 16.6. The number of nitrogens with one attached hydrogen (secondary N) is 1. The van der Waals surface area contributed by atoms with Gasteiger partial charge in [0.15, 0.2) is 0 Å². The van der Waals surface area contributed by atoms with Crippen LogP contribution in [0.25, 0.3) is 0 Å². The van der Waals surface area contributed by atoms with Gasteiger partial charge in [-0.3, -0.25) is 4.98 Å². The largest absolute Gasteiger partial charge is 0.368 e. The molecule has 2 rings (SSSR count). The second kappa shape index (κ2) is 8.64. The Hall–Kier alpha value is -0.740. The van der Waals surface area contributed by atoms with E-state index in [-0.39, 0.29) is 0 Å². The van der Waals surface area contributed by atoms with Gasteiger partial charge in [-0.15, -0.1) is 0 Å². The minimum absolute atomic E-state index is 0.388. The van der Waals surface area contributed by atoms with Crippen molar-refractivity contribution in [3.63, 3.8) is 0 Å². The quantitative estimate of drug-likeness (QED) is 0.828. The highest BCUT2D eigenvalue weighted by atomic mass is 32.2. The van der Waals surface area contributed by atoms with Gasteiger partial charge in [0, 0.05) is 30.1 Å². The third kappa shape index (κ3) is 4.62. The van der Waals surface area contributed by atoms with Gasteiger partial charge in [0.2, 0.25) is 0 Å². The molecule has 0 radical (unpaired) electrons. The average Bonchev–Trinajstić information content (AvgIpc) is 2.56. The summed E-state index contributed by atoms with van der Waals surface area (Å²) in [5.74, 6) is 1.23. The summed E-state index contributed by atoms with van der Waals surface area (Å²) in [7, 11) is 0. The zero-order valence-corrected chi connectivity index (χ0v) is 14.5. The molecule has 1 N–H and O–H groups in total. The first-order valence-electron chi connectivity index (χ1n) is 8.34. The molecule has 4 heteroatoms. The van der Waals surface area contributed by atoms with Gasteiger partial charge in [-0.25, -0.2) is 0 Å². The Morgan fingerprint density at radius 3 is 2.86 bits per heavy atom. The smallest absolute Gasteiger partial charge is 0.0574 e. The van der Waals surface area contributed by atoms with Crippen LogP contribution >= 0.6 is 11.8 Å². The van der Waals surface area contributed by atoms with Crippen LogP contribution in [-0.4, -0.2) is 35.6 Å². The van der Waals surface area contributed by atoms with Crippen molar-refractivity contribution in [2.24, 2.45) is 0 Å². The van der Waals surface area contributed by atoms with Crippen molar-refractivity contribution < 1.29 is 0 Å². The van der Waals surface area contributed by atoms with E-state index in [1.54, 1.807) is 0 Å². The van der Waals surface area contributed by atoms with Crippen LogP contribution in [0.5, 0.6) is 0 Å². The fraction of sp³-hybridized carbons (Fsp3) is 0.706. The number of anilines is 1. The molecule has 21 heavy (non-hydrogen) atoms. The van der Waals surface area contributed by atoms with E-state index < -0.39 is 0 Å². The van der Waals surface area contributed by atoms with Crippen LogP contribution in [0.15, 0.2) is 18.3 Å². The second-order valence-corrected chi connectivity index (χ2v) is 7.11. The maximum atomic E-state index is 4.72. The van der Waals surface area contributed by atoms with E-state index in [1.165, 1.54) is 30.0 Å². The van der Waals surface area contributed by atoms with Crippen LogP contribution in [0.4, 0.5) is 5.69 Å². The zero-order chi connectivity index (χ0) is 15.1. The van der Waals surface area contributed by atoms with Gasteiger partial charge in [-0.1, -0.05) is 20.8 Å². The Morgan fingerprint density at radius 1 is 1.38 bits per heavy atom. The van der Waals surface area contributed by atoms with E-state index >= 15 is 0 Å². The molecule has 0 spiro atoms. The van der Waals surface area contributed by atoms with E-state index in [0.29, 0.717) is 6.04 Å². The molecular weight excluding hydrogens is 278 g/mol. The molecule has 1 aliphatic rings. The molecule has 0 aromatic carbocycles. The Balaban J connectivity index is 2.00. The topological polar surface area (TPSA) is 28.2 Å². The highest BCUT2D eigenvalue weighted by molar-refractivity contribution is 8.00. The fourth-order valence-corrected chi connectivity index (χ4v) is 3.95. The molecular formula is C17H29N3S. The molecule has 1 aromatic rings. The van der Waals surface area contributed by atoms with E-state index in [2.05, 4.69) is 61.1 Å². The van der Waals surface area contributed by atoms with Gasteiger partial charge in [-0.05, 0) is 37.9 Å². The third-order valence-corrected chi connectivity index (χ3v) is 5.51. The van der Waals surface area contributed by atoms with E-state index in [1.807, 2.05) is 0 Å². The number of hydrogen-bond donors (Lipinski definition) is 1. The molecule has 0 amide bonds. The van der Waals surface area contributed by atoms with Gasteiger partial charge < -0.3 is 10.2 Å². The number of rotatable bonds is 7. The van der Waals surface area contributed by atoms with Gasteiger partial charge in [0.25, 0.3) is 0 Å². The minimum atomic E-state index is 0.388. The van der Waals surface area contributed by atoms with Crippen LogP contribution in [0.3, 0.4) is 0 Å². The molecule has 3 nitrogen and oxygen atoms in total. The number of hydrogen-bond acceptors (Lipinski definition) is 4. The molecule has 0 bridgehead atoms. The number of aromatic nitrogens is 1. The van der Waals surface area contributed by atoms with E-state index in [4.69, 9.17) is 4.98 Å². The van der Waals surface area contributed by atoms with Crippen LogP contribution in [0.1, 0.15) is 51.8 Å². The monoisotopic (exact) mass is 307 g/mol. The Labute approximate surface area is 133 Å². The van der Waals surface area contributed by atoms with Crippen molar-refractivity contribution in [2.75, 3.05) is 30.3 Å². The number of pyridine rings is 1. The van der Waals surface area contributed by atoms with Crippen molar-refractivity contribution >= 4 is 17.4 Å². The molecule has 0 aliphatic carbocycles. The van der Waals surface area contributed by atoms with Crippen molar-refractivity contribution in [3.8, 4) is 0 Å². The molecule has 1 aliphatic heterocycles. The molecule has 1 saturated heterocycles. The van der Waals surface area contributed by atoms with Crippen molar-refractivity contribution in [2.45, 2.75) is 51.3 Å². The number of nitrogens with zero attached hydrogens (tertiary/aromatic N) is 2. The maximum Gasteiger partial charge on any atom is 0.0574 e. The maximum absolute atomic E-state index is 4.72. The second-order valence-electron chi connectivity index (χ2n) is 5.70. The lowest BCUT2D eigenvalue weighted by Gasteiger charge is -2.33. The van der Waals surface area contributed by atoms with Crippen LogP contribution in [-0.2, 0) is 0 Å². The average molecular weight is 308 g/mol. The molecule has 1 fully saturated rings. The molecule has 118 valence electrons. The van der Waals surface area contributed by atoms with Gasteiger partial charge in [0.05, 0.1) is 17.6 Å². The van der Waals surface area contributed by atoms with Crippen molar-refractivity contribution in [1.82, 2.24) is 10.3 Å². The highest BCUT2D eigenvalue weighted by Crippen LogP contribution is 2.26. The predicted molar refractivity (Wildman–Crippen MR) is 94.3 cm³/mol.